The molecule has 0 bridgehead atoms. The molecular weight excluding hydrogens is 1080 g/mol. The molecule has 2 atom stereocenters. The summed E-state index contributed by atoms with van der Waals surface area (Å²) >= 11 is 0. The minimum absolute atomic E-state index is 0.184. The molecule has 1 N–H and O–H groups in total. The maximum Gasteiger partial charge on any atom is 0.361 e. The number of quaternary nitrogens is 1. The molecular formula is C78H134NO8+. The monoisotopic (exact) mass is 1210 g/mol. The van der Waals surface area contributed by atoms with Crippen LogP contribution in [-0.4, -0.2) is 87.4 Å². The summed E-state index contributed by atoms with van der Waals surface area (Å²) in [4.78, 5) is 37.7. The van der Waals surface area contributed by atoms with Gasteiger partial charge in [-0.3, -0.25) is 9.59 Å². The van der Waals surface area contributed by atoms with Gasteiger partial charge in [-0.05, 0) is 103 Å². The molecule has 0 amide bonds. The molecule has 498 valence electrons. The quantitative estimate of drug-likeness (QED) is 0.0211. The van der Waals surface area contributed by atoms with Crippen molar-refractivity contribution in [2.75, 3.05) is 47.5 Å². The van der Waals surface area contributed by atoms with Crippen molar-refractivity contribution in [2.45, 2.75) is 309 Å². The standard InChI is InChI=1S/C78H133NO8/c1-6-8-10-12-14-16-18-20-22-24-26-28-30-32-34-36-38-40-42-44-46-48-50-52-54-56-58-60-62-64-66-68-75(80)85-72-74(73-86-78(77(82)83)84-71-70-79(3,4)5)87-76(81)69-67-65-63-61-59-57-55-53-51-49-47-45-43-41-39-37-35-33-31-29-27-25-23-21-19-17-15-13-11-9-7-2/h8-11,14-17,20-23,26-29,33,35,39,41,74,78H,6-7,12-13,18-19,24-25,30-32,34,36-38,40,42-73H2,1-5H3/p+1/b10-8-,11-9-,16-14-,17-15-,22-20-,23-21-,28-26-,29-27-,35-33-,41-39-. The molecule has 0 heterocycles. The van der Waals surface area contributed by atoms with E-state index in [2.05, 4.69) is 135 Å². The van der Waals surface area contributed by atoms with E-state index in [9.17, 15) is 19.5 Å². The van der Waals surface area contributed by atoms with E-state index in [1.54, 1.807) is 0 Å². The van der Waals surface area contributed by atoms with Crippen LogP contribution in [0.3, 0.4) is 0 Å². The lowest BCUT2D eigenvalue weighted by molar-refractivity contribution is -0.870. The first kappa shape index (κ1) is 82.7. The molecule has 0 saturated heterocycles. The fourth-order valence-corrected chi connectivity index (χ4v) is 9.83. The first-order valence-electron chi connectivity index (χ1n) is 35.7. The zero-order valence-corrected chi connectivity index (χ0v) is 56.9. The van der Waals surface area contributed by atoms with Crippen LogP contribution < -0.4 is 0 Å². The van der Waals surface area contributed by atoms with E-state index in [0.29, 0.717) is 23.9 Å². The van der Waals surface area contributed by atoms with Crippen LogP contribution >= 0.6 is 0 Å². The fraction of sp³-hybridized carbons (Fsp3) is 0.705. The number of nitrogens with zero attached hydrogens (tertiary/aromatic N) is 1. The van der Waals surface area contributed by atoms with Crippen LogP contribution in [0.5, 0.6) is 0 Å². The molecule has 0 aromatic rings. The number of carboxylic acid groups (broad SMARTS) is 1. The summed E-state index contributed by atoms with van der Waals surface area (Å²) in [5, 5.41) is 9.75. The Labute approximate surface area is 536 Å². The number of esters is 2. The highest BCUT2D eigenvalue weighted by Gasteiger charge is 2.25. The molecule has 0 aliphatic carbocycles. The van der Waals surface area contributed by atoms with E-state index in [1.165, 1.54) is 161 Å². The summed E-state index contributed by atoms with van der Waals surface area (Å²) in [5.41, 5.74) is 0. The Morgan fingerprint density at radius 3 is 0.920 bits per heavy atom. The Kier molecular flexibility index (Phi) is 64.3. The average molecular weight is 1210 g/mol. The molecule has 0 fully saturated rings. The first-order chi connectivity index (χ1) is 42.6. The van der Waals surface area contributed by atoms with Crippen LogP contribution in [0, 0.1) is 0 Å². The van der Waals surface area contributed by atoms with Gasteiger partial charge in [0.15, 0.2) is 6.10 Å². The normalized spacial score (nSPS) is 13.4. The van der Waals surface area contributed by atoms with Crippen molar-refractivity contribution in [2.24, 2.45) is 0 Å². The summed E-state index contributed by atoms with van der Waals surface area (Å²) in [7, 11) is 5.98. The van der Waals surface area contributed by atoms with Gasteiger partial charge < -0.3 is 28.5 Å². The number of ether oxygens (including phenoxy) is 4. The van der Waals surface area contributed by atoms with Crippen molar-refractivity contribution < 1.29 is 42.9 Å². The smallest absolute Gasteiger partial charge is 0.361 e. The Morgan fingerprint density at radius 1 is 0.345 bits per heavy atom. The second-order valence-corrected chi connectivity index (χ2v) is 24.8. The molecule has 0 spiro atoms. The minimum Gasteiger partial charge on any atom is -0.477 e. The number of rotatable bonds is 65. The topological polar surface area (TPSA) is 108 Å². The Bertz CT molecular complexity index is 1840. The highest BCUT2D eigenvalue weighted by Crippen LogP contribution is 2.17. The highest BCUT2D eigenvalue weighted by atomic mass is 16.7. The van der Waals surface area contributed by atoms with Crippen molar-refractivity contribution in [1.82, 2.24) is 0 Å². The van der Waals surface area contributed by atoms with Crippen molar-refractivity contribution in [3.05, 3.63) is 122 Å². The third-order valence-corrected chi connectivity index (χ3v) is 15.2. The van der Waals surface area contributed by atoms with Crippen LogP contribution in [0.4, 0.5) is 0 Å². The molecule has 9 heteroatoms. The summed E-state index contributed by atoms with van der Waals surface area (Å²) < 4.78 is 23.0. The summed E-state index contributed by atoms with van der Waals surface area (Å²) in [6.07, 6.45) is 93.1. The number of hydrogen-bond donors (Lipinski definition) is 1. The van der Waals surface area contributed by atoms with Gasteiger partial charge in [-0.15, -0.1) is 0 Å². The molecule has 0 radical (unpaired) electrons. The summed E-state index contributed by atoms with van der Waals surface area (Å²) in [6.45, 7) is 4.67. The lowest BCUT2D eigenvalue weighted by Crippen LogP contribution is -2.40. The van der Waals surface area contributed by atoms with Crippen LogP contribution in [0.1, 0.15) is 296 Å². The number of carboxylic acids is 1. The third kappa shape index (κ3) is 69.0. The maximum atomic E-state index is 13.0. The van der Waals surface area contributed by atoms with Gasteiger partial charge in [0, 0.05) is 12.8 Å². The van der Waals surface area contributed by atoms with Gasteiger partial charge in [0.05, 0.1) is 34.4 Å². The summed E-state index contributed by atoms with van der Waals surface area (Å²) in [5.74, 6) is -2.00. The van der Waals surface area contributed by atoms with E-state index in [-0.39, 0.29) is 32.2 Å². The SMILES string of the molecule is CC/C=C\C/C=C\C/C=C\C/C=C\C/C=C\C/C=C\CCCCCCCCCCCCCCC(=O)OC(COC(=O)CCCCCCCCCCCCCCCCCCCC/C=C\C/C=C\C/C=C\C/C=C\CC)COC(OCC[N+](C)(C)C)C(=O)O. The van der Waals surface area contributed by atoms with Crippen molar-refractivity contribution >= 4 is 17.9 Å². The summed E-state index contributed by atoms with van der Waals surface area (Å²) in [6, 6.07) is 0. The first-order valence-corrected chi connectivity index (χ1v) is 35.7. The predicted molar refractivity (Wildman–Crippen MR) is 373 cm³/mol. The van der Waals surface area contributed by atoms with Gasteiger partial charge in [-0.1, -0.05) is 302 Å². The van der Waals surface area contributed by atoms with Crippen molar-refractivity contribution in [3.63, 3.8) is 0 Å². The molecule has 0 saturated carbocycles. The largest absolute Gasteiger partial charge is 0.477 e. The zero-order chi connectivity index (χ0) is 63.3. The van der Waals surface area contributed by atoms with Gasteiger partial charge in [0.2, 0.25) is 0 Å². The Balaban J connectivity index is 4.11. The van der Waals surface area contributed by atoms with Gasteiger partial charge in [0.1, 0.15) is 13.2 Å². The van der Waals surface area contributed by atoms with Crippen molar-refractivity contribution in [3.8, 4) is 0 Å². The molecule has 0 aromatic heterocycles. The molecule has 0 aliphatic heterocycles. The van der Waals surface area contributed by atoms with E-state index in [4.69, 9.17) is 18.9 Å². The van der Waals surface area contributed by atoms with Crippen LogP contribution in [0.15, 0.2) is 122 Å². The molecule has 0 aliphatic rings. The second kappa shape index (κ2) is 67.6. The number of carbonyl (C=O) groups is 3. The van der Waals surface area contributed by atoms with Gasteiger partial charge in [-0.25, -0.2) is 4.79 Å². The van der Waals surface area contributed by atoms with E-state index in [0.717, 1.165) is 103 Å². The number of carbonyl (C=O) groups excluding carboxylic acids is 2. The van der Waals surface area contributed by atoms with Crippen LogP contribution in [-0.2, 0) is 33.3 Å². The van der Waals surface area contributed by atoms with Gasteiger partial charge >= 0.3 is 17.9 Å². The van der Waals surface area contributed by atoms with Gasteiger partial charge in [0.25, 0.3) is 6.29 Å². The Hall–Kier alpha value is -4.31. The third-order valence-electron chi connectivity index (χ3n) is 15.2. The number of hydrogen-bond acceptors (Lipinski definition) is 7. The maximum absolute atomic E-state index is 13.0. The average Bonchev–Trinajstić information content (AvgIpc) is 3.56. The Morgan fingerprint density at radius 2 is 0.621 bits per heavy atom. The number of aliphatic carboxylic acids is 1. The van der Waals surface area contributed by atoms with Crippen LogP contribution in [0.2, 0.25) is 0 Å². The van der Waals surface area contributed by atoms with Crippen molar-refractivity contribution in [1.29, 1.82) is 0 Å². The number of likely N-dealkylation sites (N-methyl/N-ethyl adjacent to an activating group) is 1. The van der Waals surface area contributed by atoms with E-state index < -0.39 is 24.3 Å². The second-order valence-electron chi connectivity index (χ2n) is 24.8. The number of unbranched alkanes of at least 4 members (excludes halogenated alkanes) is 30. The van der Waals surface area contributed by atoms with Crippen LogP contribution in [0.25, 0.3) is 0 Å². The fourth-order valence-electron chi connectivity index (χ4n) is 9.83. The highest BCUT2D eigenvalue weighted by molar-refractivity contribution is 5.71. The molecule has 87 heavy (non-hydrogen) atoms. The zero-order valence-electron chi connectivity index (χ0n) is 56.9. The lowest BCUT2D eigenvalue weighted by atomic mass is 10.0. The number of allylic oxidation sites excluding steroid dienone is 20. The van der Waals surface area contributed by atoms with Gasteiger partial charge in [-0.2, -0.15) is 0 Å². The molecule has 2 unspecified atom stereocenters. The predicted octanol–water partition coefficient (Wildman–Crippen LogP) is 22.4. The molecule has 0 rings (SSSR count). The van der Waals surface area contributed by atoms with E-state index >= 15 is 0 Å². The molecule has 0 aromatic carbocycles. The minimum atomic E-state index is -1.52. The molecule has 9 nitrogen and oxygen atoms in total. The lowest BCUT2D eigenvalue weighted by Gasteiger charge is -2.25. The van der Waals surface area contributed by atoms with E-state index in [1.807, 2.05) is 21.1 Å².